The molecule has 2 aromatic carbocycles. The predicted molar refractivity (Wildman–Crippen MR) is 112 cm³/mol. The van der Waals surface area contributed by atoms with Crippen LogP contribution in [0.3, 0.4) is 0 Å². The number of rotatable bonds is 10. The first-order chi connectivity index (χ1) is 13.3. The van der Waals surface area contributed by atoms with E-state index in [4.69, 9.17) is 4.74 Å². The van der Waals surface area contributed by atoms with Gasteiger partial charge in [0, 0.05) is 13.5 Å². The highest BCUT2D eigenvalue weighted by molar-refractivity contribution is 8.13. The Morgan fingerprint density at radius 3 is 2.54 bits per heavy atom. The largest absolute Gasteiger partial charge is 0.493 e. The second-order valence-electron chi connectivity index (χ2n) is 6.95. The Bertz CT molecular complexity index is 787. The van der Waals surface area contributed by atoms with Crippen molar-refractivity contribution >= 4 is 23.3 Å². The number of hydrogen-bond acceptors (Lipinski definition) is 4. The van der Waals surface area contributed by atoms with E-state index in [-0.39, 0.29) is 5.91 Å². The van der Waals surface area contributed by atoms with Crippen LogP contribution in [0.5, 0.6) is 5.75 Å². The van der Waals surface area contributed by atoms with Crippen LogP contribution in [0.1, 0.15) is 30.5 Å². The van der Waals surface area contributed by atoms with Gasteiger partial charge in [-0.2, -0.15) is 0 Å². The standard InChI is InChI=1S/C22H26FNO3S/c1-22(2,23)18-6-4-5-16(13-18)11-12-27-19-9-7-17(8-10-19)14-20(28-15-25)21(26)24-3/h4-10,13,15,20H,11-12,14H2,1-3H3,(H,24,26). The SMILES string of the molecule is CNC(=O)C(Cc1ccc(OCCc2cccc(C(C)(C)F)c2)cc1)SC=O. The zero-order chi connectivity index (χ0) is 20.6. The second kappa shape index (κ2) is 10.3. The summed E-state index contributed by atoms with van der Waals surface area (Å²) in [6.07, 6.45) is 1.15. The van der Waals surface area contributed by atoms with E-state index >= 15 is 0 Å². The smallest absolute Gasteiger partial charge is 0.233 e. The molecular formula is C22H26FNO3S. The maximum Gasteiger partial charge on any atom is 0.233 e. The highest BCUT2D eigenvalue weighted by Crippen LogP contribution is 2.25. The Hall–Kier alpha value is -2.34. The lowest BCUT2D eigenvalue weighted by atomic mass is 9.97. The van der Waals surface area contributed by atoms with E-state index in [9.17, 15) is 14.0 Å². The minimum Gasteiger partial charge on any atom is -0.493 e. The Kier molecular flexibility index (Phi) is 8.05. The number of hydrogen-bond donors (Lipinski definition) is 1. The number of nitrogens with one attached hydrogen (secondary N) is 1. The fraction of sp³-hybridized carbons (Fsp3) is 0.364. The third-order valence-electron chi connectivity index (χ3n) is 4.38. The number of ether oxygens (including phenoxy) is 1. The van der Waals surface area contributed by atoms with Crippen molar-refractivity contribution < 1.29 is 18.7 Å². The Labute approximate surface area is 169 Å². The van der Waals surface area contributed by atoms with Gasteiger partial charge in [-0.15, -0.1) is 0 Å². The van der Waals surface area contributed by atoms with Crippen LogP contribution < -0.4 is 10.1 Å². The van der Waals surface area contributed by atoms with Crippen LogP contribution in [-0.2, 0) is 28.1 Å². The average molecular weight is 404 g/mol. The molecule has 2 aromatic rings. The molecule has 0 saturated carbocycles. The van der Waals surface area contributed by atoms with Gasteiger partial charge in [0.15, 0.2) is 5.62 Å². The van der Waals surface area contributed by atoms with Gasteiger partial charge in [0.2, 0.25) is 5.91 Å². The Balaban J connectivity index is 1.89. The van der Waals surface area contributed by atoms with Crippen LogP contribution in [0, 0.1) is 0 Å². The van der Waals surface area contributed by atoms with Gasteiger partial charge in [-0.1, -0.05) is 48.2 Å². The first-order valence-electron chi connectivity index (χ1n) is 9.14. The normalized spacial score (nSPS) is 12.3. The molecule has 1 unspecified atom stereocenters. The zero-order valence-corrected chi connectivity index (χ0v) is 17.2. The quantitative estimate of drug-likeness (QED) is 0.607. The molecule has 0 aliphatic rings. The van der Waals surface area contributed by atoms with Crippen LogP contribution in [0.2, 0.25) is 0 Å². The van der Waals surface area contributed by atoms with E-state index in [1.165, 1.54) is 0 Å². The summed E-state index contributed by atoms with van der Waals surface area (Å²) in [7, 11) is 1.56. The summed E-state index contributed by atoms with van der Waals surface area (Å²) in [6.45, 7) is 3.58. The number of carbonyl (C=O) groups is 2. The molecule has 0 aliphatic carbocycles. The molecule has 150 valence electrons. The van der Waals surface area contributed by atoms with Crippen LogP contribution in [-0.4, -0.2) is 30.4 Å². The summed E-state index contributed by atoms with van der Waals surface area (Å²) in [6, 6.07) is 15.0. The summed E-state index contributed by atoms with van der Waals surface area (Å²) in [5, 5.41) is 2.13. The summed E-state index contributed by atoms with van der Waals surface area (Å²) in [4.78, 5) is 22.5. The van der Waals surface area contributed by atoms with Crippen molar-refractivity contribution in [2.24, 2.45) is 0 Å². The van der Waals surface area contributed by atoms with Gasteiger partial charge in [0.05, 0.1) is 11.9 Å². The number of carbonyl (C=O) groups excluding carboxylic acids is 2. The molecule has 28 heavy (non-hydrogen) atoms. The van der Waals surface area contributed by atoms with E-state index in [0.29, 0.717) is 30.6 Å². The van der Waals surface area contributed by atoms with E-state index in [1.807, 2.05) is 42.5 Å². The van der Waals surface area contributed by atoms with E-state index in [2.05, 4.69) is 5.32 Å². The van der Waals surface area contributed by atoms with Crippen LogP contribution in [0.15, 0.2) is 48.5 Å². The van der Waals surface area contributed by atoms with Crippen molar-refractivity contribution in [3.05, 3.63) is 65.2 Å². The molecule has 0 heterocycles. The third kappa shape index (κ3) is 6.68. The van der Waals surface area contributed by atoms with Gasteiger partial charge in [0.25, 0.3) is 0 Å². The molecule has 0 aromatic heterocycles. The van der Waals surface area contributed by atoms with Crippen LogP contribution >= 0.6 is 11.8 Å². The van der Waals surface area contributed by atoms with Crippen LogP contribution in [0.4, 0.5) is 4.39 Å². The first kappa shape index (κ1) is 22.0. The molecule has 6 heteroatoms. The lowest BCUT2D eigenvalue weighted by Crippen LogP contribution is -2.31. The number of thioether (sulfide) groups is 1. The molecule has 0 saturated heterocycles. The van der Waals surface area contributed by atoms with Gasteiger partial charge in [0.1, 0.15) is 11.4 Å². The molecule has 0 bridgehead atoms. The predicted octanol–water partition coefficient (Wildman–Crippen LogP) is 4.09. The monoisotopic (exact) mass is 403 g/mol. The van der Waals surface area contributed by atoms with Gasteiger partial charge in [-0.25, -0.2) is 4.39 Å². The maximum absolute atomic E-state index is 14.1. The highest BCUT2D eigenvalue weighted by atomic mass is 32.2. The lowest BCUT2D eigenvalue weighted by molar-refractivity contribution is -0.120. The Morgan fingerprint density at radius 1 is 1.21 bits per heavy atom. The molecule has 0 aliphatic heterocycles. The van der Waals surface area contributed by atoms with Crippen molar-refractivity contribution in [2.75, 3.05) is 13.7 Å². The van der Waals surface area contributed by atoms with E-state index in [0.717, 1.165) is 28.6 Å². The Morgan fingerprint density at radius 2 is 1.93 bits per heavy atom. The van der Waals surface area contributed by atoms with Crippen molar-refractivity contribution in [3.8, 4) is 5.75 Å². The molecule has 0 fully saturated rings. The lowest BCUT2D eigenvalue weighted by Gasteiger charge is -2.16. The number of benzene rings is 2. The minimum absolute atomic E-state index is 0.170. The maximum atomic E-state index is 14.1. The van der Waals surface area contributed by atoms with E-state index < -0.39 is 10.9 Å². The molecule has 0 spiro atoms. The van der Waals surface area contributed by atoms with Crippen molar-refractivity contribution in [1.82, 2.24) is 5.32 Å². The molecular weight excluding hydrogens is 377 g/mol. The fourth-order valence-electron chi connectivity index (χ4n) is 2.75. The molecule has 1 amide bonds. The summed E-state index contributed by atoms with van der Waals surface area (Å²) in [5.41, 5.74) is 1.97. The van der Waals surface area contributed by atoms with Gasteiger partial charge in [-0.05, 0) is 49.1 Å². The van der Waals surface area contributed by atoms with Crippen LogP contribution in [0.25, 0.3) is 0 Å². The molecule has 0 radical (unpaired) electrons. The zero-order valence-electron chi connectivity index (χ0n) is 16.4. The van der Waals surface area contributed by atoms with Crippen molar-refractivity contribution in [3.63, 3.8) is 0 Å². The van der Waals surface area contributed by atoms with Crippen molar-refractivity contribution in [1.29, 1.82) is 0 Å². The second-order valence-corrected chi connectivity index (χ2v) is 7.99. The summed E-state index contributed by atoms with van der Waals surface area (Å²) in [5.74, 6) is 0.557. The molecule has 4 nitrogen and oxygen atoms in total. The average Bonchev–Trinajstić information content (AvgIpc) is 2.68. The third-order valence-corrected chi connectivity index (χ3v) is 5.20. The number of amides is 1. The summed E-state index contributed by atoms with van der Waals surface area (Å²) < 4.78 is 19.8. The summed E-state index contributed by atoms with van der Waals surface area (Å²) >= 11 is 0.972. The minimum atomic E-state index is -1.36. The van der Waals surface area contributed by atoms with Gasteiger partial charge in [-0.3, -0.25) is 9.59 Å². The fourth-order valence-corrected chi connectivity index (χ4v) is 3.41. The first-order valence-corrected chi connectivity index (χ1v) is 10.1. The van der Waals surface area contributed by atoms with Gasteiger partial charge >= 0.3 is 0 Å². The number of halogens is 1. The van der Waals surface area contributed by atoms with Gasteiger partial charge < -0.3 is 10.1 Å². The number of alkyl halides is 1. The topological polar surface area (TPSA) is 55.4 Å². The van der Waals surface area contributed by atoms with Crippen molar-refractivity contribution in [2.45, 2.75) is 37.6 Å². The molecule has 2 rings (SSSR count). The highest BCUT2D eigenvalue weighted by Gasteiger charge is 2.19. The van der Waals surface area contributed by atoms with E-state index in [1.54, 1.807) is 27.0 Å². The molecule has 1 N–H and O–H groups in total. The molecule has 1 atom stereocenters.